The number of sulfone groups is 1. The first-order valence-electron chi connectivity index (χ1n) is 10.9. The third-order valence-electron chi connectivity index (χ3n) is 5.11. The average molecular weight is 451 g/mol. The first-order chi connectivity index (χ1) is 14.9. The molecule has 0 bridgehead atoms. The van der Waals surface area contributed by atoms with Gasteiger partial charge in [0, 0.05) is 0 Å². The van der Waals surface area contributed by atoms with Gasteiger partial charge in [0.2, 0.25) is 9.84 Å². The van der Waals surface area contributed by atoms with Gasteiger partial charge in [0.25, 0.3) is 0 Å². The van der Waals surface area contributed by atoms with E-state index in [1.807, 2.05) is 13.8 Å². The van der Waals surface area contributed by atoms with Gasteiger partial charge < -0.3 is 19.7 Å². The number of hydrogen-bond donors (Lipinski definition) is 2. The summed E-state index contributed by atoms with van der Waals surface area (Å²) in [6.07, 6.45) is 3.69. The molecule has 0 amide bonds. The Bertz CT molecular complexity index is 794. The Morgan fingerprint density at radius 2 is 1.06 bits per heavy atom. The SMILES string of the molecule is CCC(O)CCCOc1ccc(S(=O)(=O)c2ccc(OCCCC(O)CC)cc2)cc1. The van der Waals surface area contributed by atoms with Gasteiger partial charge >= 0.3 is 0 Å². The summed E-state index contributed by atoms with van der Waals surface area (Å²) in [4.78, 5) is 0.395. The van der Waals surface area contributed by atoms with Crippen LogP contribution in [0.5, 0.6) is 11.5 Å². The highest BCUT2D eigenvalue weighted by atomic mass is 32.2. The van der Waals surface area contributed by atoms with Gasteiger partial charge in [-0.1, -0.05) is 13.8 Å². The summed E-state index contributed by atoms with van der Waals surface area (Å²) in [6, 6.07) is 12.7. The normalized spacial score (nSPS) is 13.5. The highest BCUT2D eigenvalue weighted by molar-refractivity contribution is 7.91. The molecule has 2 aromatic rings. The van der Waals surface area contributed by atoms with Crippen LogP contribution in [-0.2, 0) is 9.84 Å². The van der Waals surface area contributed by atoms with Crippen LogP contribution in [0.1, 0.15) is 52.4 Å². The Morgan fingerprint density at radius 1 is 0.710 bits per heavy atom. The van der Waals surface area contributed by atoms with Crippen molar-refractivity contribution in [1.29, 1.82) is 0 Å². The molecular weight excluding hydrogens is 416 g/mol. The number of aliphatic hydroxyl groups is 2. The zero-order chi connectivity index (χ0) is 22.7. The van der Waals surface area contributed by atoms with E-state index in [2.05, 4.69) is 0 Å². The van der Waals surface area contributed by atoms with Crippen LogP contribution >= 0.6 is 0 Å². The van der Waals surface area contributed by atoms with Crippen LogP contribution in [0.15, 0.2) is 58.3 Å². The second-order valence-electron chi connectivity index (χ2n) is 7.55. The lowest BCUT2D eigenvalue weighted by Gasteiger charge is -2.11. The molecule has 2 aromatic carbocycles. The van der Waals surface area contributed by atoms with Crippen molar-refractivity contribution in [3.8, 4) is 11.5 Å². The maximum atomic E-state index is 12.9. The first-order valence-corrected chi connectivity index (χ1v) is 12.4. The van der Waals surface area contributed by atoms with E-state index in [9.17, 15) is 18.6 Å². The quantitative estimate of drug-likeness (QED) is 0.415. The van der Waals surface area contributed by atoms with Crippen molar-refractivity contribution in [2.45, 2.75) is 74.4 Å². The average Bonchev–Trinajstić information content (AvgIpc) is 2.79. The van der Waals surface area contributed by atoms with Gasteiger partial charge in [0.1, 0.15) is 11.5 Å². The monoisotopic (exact) mass is 450 g/mol. The standard InChI is InChI=1S/C24H34O6S/c1-3-19(25)7-5-17-29-21-9-13-23(14-10-21)31(27,28)24-15-11-22(12-16-24)30-18-6-8-20(26)4-2/h9-16,19-20,25-26H,3-8,17-18H2,1-2H3. The molecule has 0 aliphatic rings. The largest absolute Gasteiger partial charge is 0.494 e. The first kappa shape index (κ1) is 25.2. The van der Waals surface area contributed by atoms with Crippen LogP contribution < -0.4 is 9.47 Å². The number of hydrogen-bond acceptors (Lipinski definition) is 6. The van der Waals surface area contributed by atoms with Crippen LogP contribution in [0, 0.1) is 0 Å². The van der Waals surface area contributed by atoms with E-state index < -0.39 is 9.84 Å². The Labute approximate surface area is 185 Å². The maximum Gasteiger partial charge on any atom is 0.206 e. The molecule has 0 fully saturated rings. The lowest BCUT2D eigenvalue weighted by molar-refractivity contribution is 0.148. The van der Waals surface area contributed by atoms with Crippen molar-refractivity contribution in [3.63, 3.8) is 0 Å². The van der Waals surface area contributed by atoms with Crippen molar-refractivity contribution in [3.05, 3.63) is 48.5 Å². The molecule has 0 radical (unpaired) electrons. The Morgan fingerprint density at radius 3 is 1.39 bits per heavy atom. The highest BCUT2D eigenvalue weighted by Crippen LogP contribution is 2.25. The van der Waals surface area contributed by atoms with E-state index in [4.69, 9.17) is 9.47 Å². The molecule has 0 aliphatic carbocycles. The molecule has 0 saturated carbocycles. The summed E-state index contributed by atoms with van der Waals surface area (Å²) < 4.78 is 37.0. The van der Waals surface area contributed by atoms with Crippen LogP contribution in [0.2, 0.25) is 0 Å². The van der Waals surface area contributed by atoms with E-state index in [1.54, 1.807) is 24.3 Å². The summed E-state index contributed by atoms with van der Waals surface area (Å²) in [5.74, 6) is 1.20. The predicted octanol–water partition coefficient (Wildman–Crippen LogP) is 4.38. The van der Waals surface area contributed by atoms with Crippen LogP contribution in [0.25, 0.3) is 0 Å². The third-order valence-corrected chi connectivity index (χ3v) is 6.90. The zero-order valence-corrected chi connectivity index (χ0v) is 19.2. The topological polar surface area (TPSA) is 93.1 Å². The van der Waals surface area contributed by atoms with Crippen LogP contribution in [0.4, 0.5) is 0 Å². The summed E-state index contributed by atoms with van der Waals surface area (Å²) in [7, 11) is -3.63. The van der Waals surface area contributed by atoms with Crippen molar-refractivity contribution >= 4 is 9.84 Å². The van der Waals surface area contributed by atoms with E-state index >= 15 is 0 Å². The molecule has 2 atom stereocenters. The molecule has 6 nitrogen and oxygen atoms in total. The molecule has 31 heavy (non-hydrogen) atoms. The van der Waals surface area contributed by atoms with Gasteiger partial charge in [-0.2, -0.15) is 0 Å². The van der Waals surface area contributed by atoms with Crippen molar-refractivity contribution in [1.82, 2.24) is 0 Å². The minimum Gasteiger partial charge on any atom is -0.494 e. The van der Waals surface area contributed by atoms with Gasteiger partial charge in [0.15, 0.2) is 0 Å². The van der Waals surface area contributed by atoms with Crippen molar-refractivity contribution < 1.29 is 28.1 Å². The van der Waals surface area contributed by atoms with E-state index in [-0.39, 0.29) is 22.0 Å². The molecule has 2 rings (SSSR count). The van der Waals surface area contributed by atoms with Crippen molar-refractivity contribution in [2.75, 3.05) is 13.2 Å². The fourth-order valence-corrected chi connectivity index (χ4v) is 4.25. The lowest BCUT2D eigenvalue weighted by Crippen LogP contribution is -2.07. The Balaban J connectivity index is 1.89. The molecule has 0 aromatic heterocycles. The van der Waals surface area contributed by atoms with E-state index in [1.165, 1.54) is 24.3 Å². The lowest BCUT2D eigenvalue weighted by atomic mass is 10.1. The van der Waals surface area contributed by atoms with E-state index in [0.717, 1.165) is 25.7 Å². The summed E-state index contributed by atoms with van der Waals surface area (Å²) in [5.41, 5.74) is 0. The fourth-order valence-electron chi connectivity index (χ4n) is 2.99. The van der Waals surface area contributed by atoms with Gasteiger partial charge in [-0.3, -0.25) is 0 Å². The molecule has 0 spiro atoms. The summed E-state index contributed by atoms with van der Waals surface area (Å²) >= 11 is 0. The number of aliphatic hydroxyl groups excluding tert-OH is 2. The second kappa shape index (κ2) is 12.7. The zero-order valence-electron chi connectivity index (χ0n) is 18.4. The Kier molecular flexibility index (Phi) is 10.3. The predicted molar refractivity (Wildman–Crippen MR) is 120 cm³/mol. The van der Waals surface area contributed by atoms with Gasteiger partial charge in [-0.15, -0.1) is 0 Å². The number of ether oxygens (including phenoxy) is 2. The Hall–Kier alpha value is -2.09. The third kappa shape index (κ3) is 8.16. The molecule has 0 saturated heterocycles. The molecular formula is C24H34O6S. The molecule has 2 N–H and O–H groups in total. The minimum atomic E-state index is -3.63. The molecule has 7 heteroatoms. The van der Waals surface area contributed by atoms with Gasteiger partial charge in [0.05, 0.1) is 35.2 Å². The molecule has 0 heterocycles. The number of benzene rings is 2. The molecule has 172 valence electrons. The highest BCUT2D eigenvalue weighted by Gasteiger charge is 2.17. The second-order valence-corrected chi connectivity index (χ2v) is 9.50. The maximum absolute atomic E-state index is 12.9. The molecule has 2 unspecified atom stereocenters. The van der Waals surface area contributed by atoms with Crippen LogP contribution in [-0.4, -0.2) is 44.1 Å². The van der Waals surface area contributed by atoms with Crippen molar-refractivity contribution in [2.24, 2.45) is 0 Å². The van der Waals surface area contributed by atoms with E-state index in [0.29, 0.717) is 37.6 Å². The fraction of sp³-hybridized carbons (Fsp3) is 0.500. The smallest absolute Gasteiger partial charge is 0.206 e. The molecule has 0 aliphatic heterocycles. The summed E-state index contributed by atoms with van der Waals surface area (Å²) in [5, 5.41) is 19.1. The van der Waals surface area contributed by atoms with Crippen LogP contribution in [0.3, 0.4) is 0 Å². The summed E-state index contributed by atoms with van der Waals surface area (Å²) in [6.45, 7) is 4.82. The number of rotatable bonds is 14. The van der Waals surface area contributed by atoms with Gasteiger partial charge in [-0.05, 0) is 87.1 Å². The van der Waals surface area contributed by atoms with Gasteiger partial charge in [-0.25, -0.2) is 8.42 Å². The minimum absolute atomic E-state index is 0.198.